The highest BCUT2D eigenvalue weighted by Gasteiger charge is 2.10. The smallest absolute Gasteiger partial charge is 0.0657 e. The van der Waals surface area contributed by atoms with Crippen LogP contribution in [0.15, 0.2) is 18.2 Å². The molecule has 0 saturated carbocycles. The summed E-state index contributed by atoms with van der Waals surface area (Å²) in [4.78, 5) is 0. The van der Waals surface area contributed by atoms with Crippen molar-refractivity contribution in [3.63, 3.8) is 0 Å². The third-order valence-corrected chi connectivity index (χ3v) is 2.52. The molecule has 0 saturated heterocycles. The van der Waals surface area contributed by atoms with E-state index in [0.717, 1.165) is 5.02 Å². The summed E-state index contributed by atoms with van der Waals surface area (Å²) in [6.07, 6.45) is 0. The van der Waals surface area contributed by atoms with Gasteiger partial charge >= 0.3 is 0 Å². The van der Waals surface area contributed by atoms with Crippen LogP contribution < -0.4 is 5.32 Å². The van der Waals surface area contributed by atoms with Gasteiger partial charge in [-0.3, -0.25) is 0 Å². The molecule has 1 aromatic rings. The predicted octanol–water partition coefficient (Wildman–Crippen LogP) is 2.56. The third-order valence-electron chi connectivity index (χ3n) is 2.29. The van der Waals surface area contributed by atoms with Gasteiger partial charge in [-0.25, -0.2) is 0 Å². The lowest BCUT2D eigenvalue weighted by Gasteiger charge is -2.17. The molecule has 1 rings (SSSR count). The van der Waals surface area contributed by atoms with Crippen LogP contribution >= 0.6 is 11.6 Å². The van der Waals surface area contributed by atoms with Gasteiger partial charge in [-0.2, -0.15) is 0 Å². The molecular formula is C11H16ClNO. The Kier molecular flexibility index (Phi) is 4.39. The molecule has 0 bridgehead atoms. The van der Waals surface area contributed by atoms with Gasteiger partial charge in [-0.05, 0) is 37.2 Å². The van der Waals surface area contributed by atoms with E-state index in [-0.39, 0.29) is 6.04 Å². The minimum atomic E-state index is 0.234. The number of hydrogen-bond acceptors (Lipinski definition) is 2. The third kappa shape index (κ3) is 2.71. The van der Waals surface area contributed by atoms with Gasteiger partial charge in [0.25, 0.3) is 0 Å². The number of aryl methyl sites for hydroxylation is 1. The second-order valence-corrected chi connectivity index (χ2v) is 3.73. The van der Waals surface area contributed by atoms with Crippen LogP contribution in [0.25, 0.3) is 0 Å². The van der Waals surface area contributed by atoms with Crippen LogP contribution in [-0.4, -0.2) is 20.8 Å². The molecule has 1 unspecified atom stereocenters. The maximum Gasteiger partial charge on any atom is 0.0657 e. The fourth-order valence-corrected chi connectivity index (χ4v) is 1.75. The number of methoxy groups -OCH3 is 1. The Balaban J connectivity index is 2.92. The van der Waals surface area contributed by atoms with Gasteiger partial charge in [0.1, 0.15) is 0 Å². The normalized spacial score (nSPS) is 12.9. The zero-order valence-corrected chi connectivity index (χ0v) is 9.56. The van der Waals surface area contributed by atoms with E-state index >= 15 is 0 Å². The summed E-state index contributed by atoms with van der Waals surface area (Å²) >= 11 is 5.89. The summed E-state index contributed by atoms with van der Waals surface area (Å²) < 4.78 is 5.14. The summed E-state index contributed by atoms with van der Waals surface area (Å²) in [6, 6.07) is 6.15. The van der Waals surface area contributed by atoms with Crippen molar-refractivity contribution in [2.75, 3.05) is 20.8 Å². The summed E-state index contributed by atoms with van der Waals surface area (Å²) in [5.41, 5.74) is 2.42. The molecule has 0 aromatic heterocycles. The minimum Gasteiger partial charge on any atom is -0.383 e. The Morgan fingerprint density at radius 1 is 1.50 bits per heavy atom. The van der Waals surface area contributed by atoms with Crippen LogP contribution in [0, 0.1) is 6.92 Å². The molecule has 14 heavy (non-hydrogen) atoms. The first-order valence-electron chi connectivity index (χ1n) is 4.61. The van der Waals surface area contributed by atoms with Gasteiger partial charge < -0.3 is 10.1 Å². The van der Waals surface area contributed by atoms with Crippen molar-refractivity contribution in [1.82, 2.24) is 5.32 Å². The zero-order valence-electron chi connectivity index (χ0n) is 8.80. The first-order valence-corrected chi connectivity index (χ1v) is 4.99. The first kappa shape index (κ1) is 11.5. The molecular weight excluding hydrogens is 198 g/mol. The van der Waals surface area contributed by atoms with Crippen molar-refractivity contribution in [2.24, 2.45) is 0 Å². The van der Waals surface area contributed by atoms with E-state index in [1.165, 1.54) is 11.1 Å². The number of benzene rings is 1. The Hall–Kier alpha value is -0.570. The van der Waals surface area contributed by atoms with E-state index in [1.54, 1.807) is 7.11 Å². The summed E-state index contributed by atoms with van der Waals surface area (Å²) in [7, 11) is 3.63. The van der Waals surface area contributed by atoms with Gasteiger partial charge in [0, 0.05) is 12.1 Å². The van der Waals surface area contributed by atoms with Crippen LogP contribution in [0.3, 0.4) is 0 Å². The zero-order chi connectivity index (χ0) is 10.6. The van der Waals surface area contributed by atoms with Gasteiger partial charge in [-0.15, -0.1) is 0 Å². The Labute approximate surface area is 90.2 Å². The minimum absolute atomic E-state index is 0.234. The second kappa shape index (κ2) is 5.35. The van der Waals surface area contributed by atoms with Crippen molar-refractivity contribution in [1.29, 1.82) is 0 Å². The van der Waals surface area contributed by atoms with Crippen molar-refractivity contribution in [2.45, 2.75) is 13.0 Å². The number of halogens is 1. The Morgan fingerprint density at radius 3 is 2.71 bits per heavy atom. The van der Waals surface area contributed by atoms with Crippen LogP contribution in [-0.2, 0) is 4.74 Å². The fraction of sp³-hybridized carbons (Fsp3) is 0.455. The Bertz CT molecular complexity index is 301. The van der Waals surface area contributed by atoms with Crippen LogP contribution in [0.2, 0.25) is 5.02 Å². The largest absolute Gasteiger partial charge is 0.383 e. The highest BCUT2D eigenvalue weighted by Crippen LogP contribution is 2.21. The molecule has 0 amide bonds. The molecule has 3 heteroatoms. The monoisotopic (exact) mass is 213 g/mol. The molecule has 78 valence electrons. The molecule has 0 heterocycles. The molecule has 0 radical (unpaired) electrons. The Morgan fingerprint density at radius 2 is 2.21 bits per heavy atom. The molecule has 0 aliphatic heterocycles. The van der Waals surface area contributed by atoms with E-state index in [1.807, 2.05) is 25.2 Å². The second-order valence-electron chi connectivity index (χ2n) is 3.30. The van der Waals surface area contributed by atoms with E-state index in [0.29, 0.717) is 6.61 Å². The average Bonchev–Trinajstić information content (AvgIpc) is 2.15. The maximum absolute atomic E-state index is 5.89. The van der Waals surface area contributed by atoms with Crippen molar-refractivity contribution in [3.05, 3.63) is 34.3 Å². The van der Waals surface area contributed by atoms with Crippen LogP contribution in [0.1, 0.15) is 17.2 Å². The SMILES string of the molecule is CNC(COC)c1ccc(Cl)cc1C. The lowest BCUT2D eigenvalue weighted by atomic mass is 10.0. The summed E-state index contributed by atoms with van der Waals surface area (Å²) in [5.74, 6) is 0. The van der Waals surface area contributed by atoms with Crippen LogP contribution in [0.5, 0.6) is 0 Å². The van der Waals surface area contributed by atoms with Crippen molar-refractivity contribution in [3.8, 4) is 0 Å². The van der Waals surface area contributed by atoms with Crippen LogP contribution in [0.4, 0.5) is 0 Å². The highest BCUT2D eigenvalue weighted by molar-refractivity contribution is 6.30. The lowest BCUT2D eigenvalue weighted by molar-refractivity contribution is 0.170. The molecule has 2 nitrogen and oxygen atoms in total. The van der Waals surface area contributed by atoms with E-state index in [2.05, 4.69) is 12.2 Å². The number of ether oxygens (including phenoxy) is 1. The number of likely N-dealkylation sites (N-methyl/N-ethyl adjacent to an activating group) is 1. The molecule has 0 spiro atoms. The molecule has 1 aromatic carbocycles. The van der Waals surface area contributed by atoms with Gasteiger partial charge in [0.15, 0.2) is 0 Å². The summed E-state index contributed by atoms with van der Waals surface area (Å²) in [6.45, 7) is 2.72. The van der Waals surface area contributed by atoms with Gasteiger partial charge in [0.2, 0.25) is 0 Å². The quantitative estimate of drug-likeness (QED) is 0.830. The highest BCUT2D eigenvalue weighted by atomic mass is 35.5. The molecule has 0 fully saturated rings. The average molecular weight is 214 g/mol. The fourth-order valence-electron chi connectivity index (χ4n) is 1.53. The van der Waals surface area contributed by atoms with Crippen molar-refractivity contribution >= 4 is 11.6 Å². The predicted molar refractivity (Wildman–Crippen MR) is 59.9 cm³/mol. The molecule has 1 N–H and O–H groups in total. The standard InChI is InChI=1S/C11H16ClNO/c1-8-6-9(12)4-5-10(8)11(13-2)7-14-3/h4-6,11,13H,7H2,1-3H3. The van der Waals surface area contributed by atoms with E-state index in [9.17, 15) is 0 Å². The van der Waals surface area contributed by atoms with Gasteiger partial charge in [-0.1, -0.05) is 17.7 Å². The number of nitrogens with one attached hydrogen (secondary N) is 1. The number of rotatable bonds is 4. The van der Waals surface area contributed by atoms with Crippen molar-refractivity contribution < 1.29 is 4.74 Å². The maximum atomic E-state index is 5.89. The van der Waals surface area contributed by atoms with E-state index < -0.39 is 0 Å². The van der Waals surface area contributed by atoms with E-state index in [4.69, 9.17) is 16.3 Å². The molecule has 1 atom stereocenters. The molecule has 0 aliphatic carbocycles. The lowest BCUT2D eigenvalue weighted by Crippen LogP contribution is -2.21. The topological polar surface area (TPSA) is 21.3 Å². The van der Waals surface area contributed by atoms with Gasteiger partial charge in [0.05, 0.1) is 12.6 Å². The first-order chi connectivity index (χ1) is 6.69. The summed E-state index contributed by atoms with van der Waals surface area (Å²) in [5, 5.41) is 3.99. The number of hydrogen-bond donors (Lipinski definition) is 1. The molecule has 0 aliphatic rings.